The standard InChI is InChI=1S/C19H17F3O4/c20-19(21,22)14-3-1-2-12(10-14)17-25-15-5-4-13(11-16(15)26-17)18(23)6-8-24-9-7-18/h1-5,10-11,17,23H,6-9H2. The lowest BCUT2D eigenvalue weighted by Crippen LogP contribution is -2.33. The molecule has 138 valence electrons. The van der Waals surface area contributed by atoms with Crippen molar-refractivity contribution >= 4 is 0 Å². The Balaban J connectivity index is 1.58. The molecule has 1 N–H and O–H groups in total. The van der Waals surface area contributed by atoms with Gasteiger partial charge < -0.3 is 19.3 Å². The van der Waals surface area contributed by atoms with Crippen LogP contribution in [-0.4, -0.2) is 18.3 Å². The zero-order valence-corrected chi connectivity index (χ0v) is 13.8. The van der Waals surface area contributed by atoms with Crippen LogP contribution in [0.3, 0.4) is 0 Å². The predicted octanol–water partition coefficient (Wildman–Crippen LogP) is 4.17. The van der Waals surface area contributed by atoms with E-state index in [0.29, 0.717) is 43.1 Å². The first kappa shape index (κ1) is 17.2. The van der Waals surface area contributed by atoms with Gasteiger partial charge in [0.15, 0.2) is 11.5 Å². The first-order valence-electron chi connectivity index (χ1n) is 8.30. The van der Waals surface area contributed by atoms with Crippen LogP contribution in [-0.2, 0) is 16.5 Å². The molecule has 1 atom stereocenters. The Morgan fingerprint density at radius 3 is 2.42 bits per heavy atom. The summed E-state index contributed by atoms with van der Waals surface area (Å²) >= 11 is 0. The monoisotopic (exact) mass is 366 g/mol. The van der Waals surface area contributed by atoms with Gasteiger partial charge >= 0.3 is 6.18 Å². The predicted molar refractivity (Wildman–Crippen MR) is 85.8 cm³/mol. The molecule has 0 bridgehead atoms. The lowest BCUT2D eigenvalue weighted by molar-refractivity contribution is -0.137. The maximum Gasteiger partial charge on any atom is 0.416 e. The fourth-order valence-corrected chi connectivity index (χ4v) is 3.24. The topological polar surface area (TPSA) is 47.9 Å². The lowest BCUT2D eigenvalue weighted by Gasteiger charge is -2.32. The van der Waals surface area contributed by atoms with Crippen molar-refractivity contribution in [3.05, 3.63) is 59.2 Å². The lowest BCUT2D eigenvalue weighted by atomic mass is 9.86. The highest BCUT2D eigenvalue weighted by Gasteiger charge is 2.36. The SMILES string of the molecule is OC1(c2ccc3c(c2)OC(c2cccc(C(F)(F)F)c2)O3)CCOCC1. The van der Waals surface area contributed by atoms with Crippen LogP contribution < -0.4 is 9.47 Å². The largest absolute Gasteiger partial charge is 0.447 e. The third-order valence-electron chi connectivity index (χ3n) is 4.76. The fraction of sp³-hybridized carbons (Fsp3) is 0.368. The van der Waals surface area contributed by atoms with Crippen molar-refractivity contribution in [3.8, 4) is 11.5 Å². The van der Waals surface area contributed by atoms with Gasteiger partial charge in [0.05, 0.1) is 11.2 Å². The van der Waals surface area contributed by atoms with Gasteiger partial charge in [0, 0.05) is 31.6 Å². The second kappa shape index (κ2) is 6.17. The van der Waals surface area contributed by atoms with E-state index < -0.39 is 23.6 Å². The van der Waals surface area contributed by atoms with Crippen LogP contribution in [0.4, 0.5) is 13.2 Å². The molecule has 26 heavy (non-hydrogen) atoms. The molecule has 0 aromatic heterocycles. The minimum atomic E-state index is -4.43. The summed E-state index contributed by atoms with van der Waals surface area (Å²) in [7, 11) is 0. The highest BCUT2D eigenvalue weighted by atomic mass is 19.4. The first-order chi connectivity index (χ1) is 12.4. The zero-order valence-electron chi connectivity index (χ0n) is 13.8. The molecule has 0 aliphatic carbocycles. The van der Waals surface area contributed by atoms with Crippen molar-refractivity contribution in [2.75, 3.05) is 13.2 Å². The third-order valence-corrected chi connectivity index (χ3v) is 4.76. The first-order valence-corrected chi connectivity index (χ1v) is 8.30. The molecule has 1 saturated heterocycles. The van der Waals surface area contributed by atoms with E-state index in [4.69, 9.17) is 14.2 Å². The fourth-order valence-electron chi connectivity index (χ4n) is 3.24. The summed E-state index contributed by atoms with van der Waals surface area (Å²) in [6.45, 7) is 0.940. The van der Waals surface area contributed by atoms with E-state index in [0.717, 1.165) is 12.1 Å². The molecular weight excluding hydrogens is 349 g/mol. The summed E-state index contributed by atoms with van der Waals surface area (Å²) in [4.78, 5) is 0. The van der Waals surface area contributed by atoms with Crippen LogP contribution in [0.5, 0.6) is 11.5 Å². The highest BCUT2D eigenvalue weighted by Crippen LogP contribution is 2.44. The van der Waals surface area contributed by atoms with Crippen molar-refractivity contribution in [2.24, 2.45) is 0 Å². The number of halogens is 3. The number of fused-ring (bicyclic) bond motifs is 1. The van der Waals surface area contributed by atoms with Crippen LogP contribution in [0.1, 0.15) is 35.8 Å². The van der Waals surface area contributed by atoms with E-state index in [9.17, 15) is 18.3 Å². The van der Waals surface area contributed by atoms with Gasteiger partial charge in [-0.05, 0) is 29.8 Å². The molecule has 2 aliphatic heterocycles. The van der Waals surface area contributed by atoms with E-state index >= 15 is 0 Å². The molecular formula is C19H17F3O4. The summed E-state index contributed by atoms with van der Waals surface area (Å²) < 4.78 is 55.3. The molecule has 0 spiro atoms. The summed E-state index contributed by atoms with van der Waals surface area (Å²) in [6.07, 6.45) is -4.43. The minimum absolute atomic E-state index is 0.280. The van der Waals surface area contributed by atoms with Crippen molar-refractivity contribution in [2.45, 2.75) is 30.9 Å². The number of rotatable bonds is 2. The summed E-state index contributed by atoms with van der Waals surface area (Å²) in [5, 5.41) is 10.8. The van der Waals surface area contributed by atoms with Crippen molar-refractivity contribution in [1.82, 2.24) is 0 Å². The zero-order chi connectivity index (χ0) is 18.4. The molecule has 4 rings (SSSR count). The van der Waals surface area contributed by atoms with Crippen molar-refractivity contribution in [3.63, 3.8) is 0 Å². The number of hydrogen-bond acceptors (Lipinski definition) is 4. The van der Waals surface area contributed by atoms with E-state index in [1.807, 2.05) is 0 Å². The minimum Gasteiger partial charge on any atom is -0.447 e. The quantitative estimate of drug-likeness (QED) is 0.867. The van der Waals surface area contributed by atoms with Gasteiger partial charge in [-0.25, -0.2) is 0 Å². The molecule has 2 aromatic rings. The van der Waals surface area contributed by atoms with Crippen molar-refractivity contribution in [1.29, 1.82) is 0 Å². The Morgan fingerprint density at radius 2 is 1.69 bits per heavy atom. The van der Waals surface area contributed by atoms with Crippen molar-refractivity contribution < 1.29 is 32.5 Å². The Morgan fingerprint density at radius 1 is 0.962 bits per heavy atom. The Bertz CT molecular complexity index is 813. The number of aliphatic hydroxyl groups is 1. The van der Waals surface area contributed by atoms with Gasteiger partial charge in [-0.15, -0.1) is 0 Å². The van der Waals surface area contributed by atoms with E-state index in [1.165, 1.54) is 12.1 Å². The Labute approximate surface area is 148 Å². The van der Waals surface area contributed by atoms with Crippen LogP contribution >= 0.6 is 0 Å². The van der Waals surface area contributed by atoms with Gasteiger partial charge in [-0.2, -0.15) is 13.2 Å². The van der Waals surface area contributed by atoms with Crippen LogP contribution in [0, 0.1) is 0 Å². The van der Waals surface area contributed by atoms with Gasteiger partial charge in [-0.3, -0.25) is 0 Å². The average molecular weight is 366 g/mol. The summed E-state index contributed by atoms with van der Waals surface area (Å²) in [5.41, 5.74) is -0.782. The second-order valence-corrected chi connectivity index (χ2v) is 6.50. The summed E-state index contributed by atoms with van der Waals surface area (Å²) in [5.74, 6) is 0.844. The van der Waals surface area contributed by atoms with Crippen LogP contribution in [0.25, 0.3) is 0 Å². The number of ether oxygens (including phenoxy) is 3. The molecule has 4 nitrogen and oxygen atoms in total. The molecule has 2 heterocycles. The molecule has 1 fully saturated rings. The number of benzene rings is 2. The van der Waals surface area contributed by atoms with Gasteiger partial charge in [-0.1, -0.05) is 18.2 Å². The maximum atomic E-state index is 12.9. The third kappa shape index (κ3) is 3.12. The van der Waals surface area contributed by atoms with Gasteiger partial charge in [0.1, 0.15) is 0 Å². The molecule has 0 radical (unpaired) electrons. The van der Waals surface area contributed by atoms with Gasteiger partial charge in [0.2, 0.25) is 0 Å². The van der Waals surface area contributed by atoms with Crippen LogP contribution in [0.15, 0.2) is 42.5 Å². The second-order valence-electron chi connectivity index (χ2n) is 6.50. The maximum absolute atomic E-state index is 12.9. The molecule has 0 amide bonds. The highest BCUT2D eigenvalue weighted by molar-refractivity contribution is 5.47. The van der Waals surface area contributed by atoms with E-state index in [2.05, 4.69) is 0 Å². The Hall–Kier alpha value is -2.25. The smallest absolute Gasteiger partial charge is 0.416 e. The molecule has 7 heteroatoms. The van der Waals surface area contributed by atoms with Gasteiger partial charge in [0.25, 0.3) is 6.29 Å². The number of alkyl halides is 3. The average Bonchev–Trinajstić information content (AvgIpc) is 3.05. The molecule has 2 aromatic carbocycles. The molecule has 0 saturated carbocycles. The normalized spacial score (nSPS) is 21.6. The van der Waals surface area contributed by atoms with E-state index in [1.54, 1.807) is 18.2 Å². The van der Waals surface area contributed by atoms with E-state index in [-0.39, 0.29) is 5.56 Å². The Kier molecular flexibility index (Phi) is 4.08. The number of hydrogen-bond donors (Lipinski definition) is 1. The molecule has 2 aliphatic rings. The molecule has 1 unspecified atom stereocenters. The summed E-state index contributed by atoms with van der Waals surface area (Å²) in [6, 6.07) is 9.98. The van der Waals surface area contributed by atoms with Crippen LogP contribution in [0.2, 0.25) is 0 Å².